The van der Waals surface area contributed by atoms with E-state index in [-0.39, 0.29) is 0 Å². The Morgan fingerprint density at radius 1 is 1.29 bits per heavy atom. The average Bonchev–Trinajstić information content (AvgIpc) is 2.87. The molecule has 2 fully saturated rings. The van der Waals surface area contributed by atoms with Gasteiger partial charge in [0.2, 0.25) is 0 Å². The van der Waals surface area contributed by atoms with Crippen LogP contribution in [-0.2, 0) is 0 Å². The van der Waals surface area contributed by atoms with Gasteiger partial charge in [-0.15, -0.1) is 0 Å². The molecule has 0 aromatic rings. The zero-order valence-electron chi connectivity index (χ0n) is 11.5. The first kappa shape index (κ1) is 13.7. The second kappa shape index (κ2) is 6.44. The Kier molecular flexibility index (Phi) is 5.19. The number of nitrogens with zero attached hydrogens (tertiary/aromatic N) is 1. The summed E-state index contributed by atoms with van der Waals surface area (Å²) in [6.07, 6.45) is 8.42. The number of likely N-dealkylation sites (N-methyl/N-ethyl adjacent to an activating group) is 1. The van der Waals surface area contributed by atoms with E-state index in [4.69, 9.17) is 0 Å². The minimum Gasteiger partial charge on any atom is -0.311 e. The smallest absolute Gasteiger partial charge is 0.0330 e. The number of hydrogen-bond acceptors (Lipinski definition) is 3. The van der Waals surface area contributed by atoms with E-state index < -0.39 is 0 Å². The van der Waals surface area contributed by atoms with Crippen LogP contribution in [0.2, 0.25) is 0 Å². The molecule has 0 amide bonds. The molecule has 17 heavy (non-hydrogen) atoms. The third-order valence-corrected chi connectivity index (χ3v) is 5.91. The van der Waals surface area contributed by atoms with Crippen molar-refractivity contribution in [2.24, 2.45) is 0 Å². The van der Waals surface area contributed by atoms with E-state index in [2.05, 4.69) is 35.9 Å². The maximum Gasteiger partial charge on any atom is 0.0330 e. The molecule has 1 unspecified atom stereocenters. The Balaban J connectivity index is 1.84. The van der Waals surface area contributed by atoms with Crippen LogP contribution in [0.25, 0.3) is 0 Å². The van der Waals surface area contributed by atoms with Crippen LogP contribution in [0.1, 0.15) is 45.4 Å². The summed E-state index contributed by atoms with van der Waals surface area (Å²) in [7, 11) is 2.31. The van der Waals surface area contributed by atoms with Gasteiger partial charge in [-0.2, -0.15) is 11.8 Å². The van der Waals surface area contributed by atoms with E-state index in [9.17, 15) is 0 Å². The molecule has 3 heteroatoms. The minimum atomic E-state index is 0.469. The molecule has 1 atom stereocenters. The van der Waals surface area contributed by atoms with Crippen LogP contribution in [0.3, 0.4) is 0 Å². The molecule has 0 aromatic heterocycles. The highest BCUT2D eigenvalue weighted by atomic mass is 32.2. The predicted octanol–water partition coefficient (Wildman–Crippen LogP) is 2.74. The molecule has 1 saturated carbocycles. The molecular formula is C14H28N2S. The Labute approximate surface area is 111 Å². The molecule has 0 bridgehead atoms. The molecule has 1 aliphatic heterocycles. The van der Waals surface area contributed by atoms with Crippen LogP contribution in [0, 0.1) is 0 Å². The molecule has 0 spiro atoms. The first-order chi connectivity index (χ1) is 8.27. The molecule has 1 aliphatic carbocycles. The van der Waals surface area contributed by atoms with E-state index in [0.717, 1.165) is 6.04 Å². The Morgan fingerprint density at radius 2 is 2.06 bits per heavy atom. The van der Waals surface area contributed by atoms with Crippen molar-refractivity contribution < 1.29 is 0 Å². The molecule has 1 N–H and O–H groups in total. The zero-order chi connectivity index (χ0) is 12.1. The SMILES string of the molecule is CCN(C)C1(CNC2CCCSC2)CCCC1. The standard InChI is InChI=1S/C14H28N2S/c1-3-16(2)14(8-4-5-9-14)12-15-13-7-6-10-17-11-13/h13,15H,3-12H2,1-2H3. The summed E-state index contributed by atoms with van der Waals surface area (Å²) in [6.45, 7) is 4.68. The molecule has 2 rings (SSSR count). The normalized spacial score (nSPS) is 28.8. The van der Waals surface area contributed by atoms with Gasteiger partial charge in [0.15, 0.2) is 0 Å². The highest BCUT2D eigenvalue weighted by Gasteiger charge is 2.37. The van der Waals surface area contributed by atoms with Gasteiger partial charge in [0.05, 0.1) is 0 Å². The van der Waals surface area contributed by atoms with Crippen molar-refractivity contribution in [2.45, 2.75) is 57.0 Å². The van der Waals surface area contributed by atoms with Crippen molar-refractivity contribution in [3.05, 3.63) is 0 Å². The second-order valence-corrected chi connectivity index (χ2v) is 6.89. The van der Waals surface area contributed by atoms with Crippen LogP contribution in [0.5, 0.6) is 0 Å². The van der Waals surface area contributed by atoms with E-state index in [1.165, 1.54) is 63.1 Å². The fourth-order valence-corrected chi connectivity index (χ4v) is 4.40. The first-order valence-corrected chi connectivity index (χ1v) is 8.45. The van der Waals surface area contributed by atoms with Gasteiger partial charge in [-0.3, -0.25) is 4.90 Å². The van der Waals surface area contributed by atoms with Crippen molar-refractivity contribution in [3.63, 3.8) is 0 Å². The van der Waals surface area contributed by atoms with Crippen molar-refractivity contribution in [1.29, 1.82) is 0 Å². The molecule has 0 radical (unpaired) electrons. The lowest BCUT2D eigenvalue weighted by molar-refractivity contribution is 0.124. The summed E-state index contributed by atoms with van der Waals surface area (Å²) < 4.78 is 0. The van der Waals surface area contributed by atoms with Gasteiger partial charge in [-0.05, 0) is 45.0 Å². The summed E-state index contributed by atoms with van der Waals surface area (Å²) in [6, 6.07) is 0.775. The van der Waals surface area contributed by atoms with Gasteiger partial charge in [-0.25, -0.2) is 0 Å². The van der Waals surface area contributed by atoms with Gasteiger partial charge in [-0.1, -0.05) is 19.8 Å². The fraction of sp³-hybridized carbons (Fsp3) is 1.00. The lowest BCUT2D eigenvalue weighted by atomic mass is 9.94. The number of thioether (sulfide) groups is 1. The van der Waals surface area contributed by atoms with Crippen molar-refractivity contribution in [2.75, 3.05) is 31.6 Å². The Bertz CT molecular complexity index is 220. The molecule has 1 heterocycles. The largest absolute Gasteiger partial charge is 0.311 e. The zero-order valence-corrected chi connectivity index (χ0v) is 12.3. The average molecular weight is 256 g/mol. The van der Waals surface area contributed by atoms with Crippen molar-refractivity contribution in [3.8, 4) is 0 Å². The molecule has 1 saturated heterocycles. The maximum absolute atomic E-state index is 3.86. The van der Waals surface area contributed by atoms with Gasteiger partial charge < -0.3 is 5.32 Å². The van der Waals surface area contributed by atoms with Crippen molar-refractivity contribution >= 4 is 11.8 Å². The molecule has 100 valence electrons. The predicted molar refractivity (Wildman–Crippen MR) is 77.9 cm³/mol. The van der Waals surface area contributed by atoms with Gasteiger partial charge in [0, 0.05) is 23.9 Å². The summed E-state index contributed by atoms with van der Waals surface area (Å²) in [4.78, 5) is 2.59. The van der Waals surface area contributed by atoms with Crippen LogP contribution in [0.4, 0.5) is 0 Å². The third-order valence-electron chi connectivity index (χ3n) is 4.70. The molecular weight excluding hydrogens is 228 g/mol. The monoisotopic (exact) mass is 256 g/mol. The van der Waals surface area contributed by atoms with Crippen LogP contribution in [0.15, 0.2) is 0 Å². The maximum atomic E-state index is 3.86. The number of rotatable bonds is 5. The number of nitrogens with one attached hydrogen (secondary N) is 1. The van der Waals surface area contributed by atoms with Crippen molar-refractivity contribution in [1.82, 2.24) is 10.2 Å². The fourth-order valence-electron chi connectivity index (χ4n) is 3.30. The number of hydrogen-bond donors (Lipinski definition) is 1. The summed E-state index contributed by atoms with van der Waals surface area (Å²) in [5, 5.41) is 3.86. The summed E-state index contributed by atoms with van der Waals surface area (Å²) >= 11 is 2.12. The lowest BCUT2D eigenvalue weighted by Gasteiger charge is -2.40. The van der Waals surface area contributed by atoms with Gasteiger partial charge >= 0.3 is 0 Å². The van der Waals surface area contributed by atoms with Crippen LogP contribution >= 0.6 is 11.8 Å². The van der Waals surface area contributed by atoms with E-state index in [1.807, 2.05) is 0 Å². The van der Waals surface area contributed by atoms with E-state index in [0.29, 0.717) is 5.54 Å². The van der Waals surface area contributed by atoms with Crippen LogP contribution in [-0.4, -0.2) is 48.1 Å². The quantitative estimate of drug-likeness (QED) is 0.814. The molecule has 2 aliphatic rings. The Morgan fingerprint density at radius 3 is 2.65 bits per heavy atom. The van der Waals surface area contributed by atoms with Crippen LogP contribution < -0.4 is 5.32 Å². The molecule has 0 aromatic carbocycles. The minimum absolute atomic E-state index is 0.469. The summed E-state index contributed by atoms with van der Waals surface area (Å²) in [5.41, 5.74) is 0.469. The van der Waals surface area contributed by atoms with Gasteiger partial charge in [0.1, 0.15) is 0 Å². The third kappa shape index (κ3) is 3.39. The summed E-state index contributed by atoms with van der Waals surface area (Å²) in [5.74, 6) is 2.70. The molecule has 2 nitrogen and oxygen atoms in total. The topological polar surface area (TPSA) is 15.3 Å². The second-order valence-electron chi connectivity index (χ2n) is 5.74. The van der Waals surface area contributed by atoms with Gasteiger partial charge in [0.25, 0.3) is 0 Å². The lowest BCUT2D eigenvalue weighted by Crippen LogP contribution is -2.53. The van der Waals surface area contributed by atoms with E-state index >= 15 is 0 Å². The van der Waals surface area contributed by atoms with E-state index in [1.54, 1.807) is 0 Å². The highest BCUT2D eigenvalue weighted by molar-refractivity contribution is 7.99. The Hall–Kier alpha value is 0.270. The first-order valence-electron chi connectivity index (χ1n) is 7.29. The highest BCUT2D eigenvalue weighted by Crippen LogP contribution is 2.34.